The molecule has 1 aromatic heterocycles. The summed E-state index contributed by atoms with van der Waals surface area (Å²) in [4.78, 5) is 11.8. The van der Waals surface area contributed by atoms with Crippen molar-refractivity contribution in [3.8, 4) is 0 Å². The van der Waals surface area contributed by atoms with Crippen LogP contribution in [0, 0.1) is 0 Å². The summed E-state index contributed by atoms with van der Waals surface area (Å²) in [7, 11) is 0. The summed E-state index contributed by atoms with van der Waals surface area (Å²) in [5.41, 5.74) is 6.57. The molecule has 0 aliphatic carbocycles. The third kappa shape index (κ3) is 2.25. The lowest BCUT2D eigenvalue weighted by Gasteiger charge is -2.02. The fraction of sp³-hybridized carbons (Fsp3) is 0.0833. The lowest BCUT2D eigenvalue weighted by Crippen LogP contribution is -2.03. The number of anilines is 1. The molecule has 1 aromatic carbocycles. The zero-order valence-corrected chi connectivity index (χ0v) is 9.20. The third-order valence-electron chi connectivity index (χ3n) is 2.24. The van der Waals surface area contributed by atoms with Gasteiger partial charge in [0.1, 0.15) is 5.76 Å². The number of carbonyl (C=O) groups is 1. The summed E-state index contributed by atoms with van der Waals surface area (Å²) in [6, 6.07) is 8.36. The van der Waals surface area contributed by atoms with Gasteiger partial charge in [-0.1, -0.05) is 11.6 Å². The van der Waals surface area contributed by atoms with E-state index in [4.69, 9.17) is 21.8 Å². The highest BCUT2D eigenvalue weighted by Crippen LogP contribution is 2.20. The molecule has 1 heterocycles. The molecule has 0 aliphatic heterocycles. The maximum atomic E-state index is 11.8. The van der Waals surface area contributed by atoms with E-state index in [0.29, 0.717) is 22.0 Å². The van der Waals surface area contributed by atoms with Crippen LogP contribution in [-0.4, -0.2) is 5.78 Å². The number of hydrogen-bond acceptors (Lipinski definition) is 3. The first-order chi connectivity index (χ1) is 7.66. The Bertz CT molecular complexity index is 506. The van der Waals surface area contributed by atoms with Gasteiger partial charge in [0.05, 0.1) is 23.4 Å². The first kappa shape index (κ1) is 10.8. The number of carbonyl (C=O) groups excluding carboxylic acids is 1. The number of hydrogen-bond donors (Lipinski definition) is 1. The quantitative estimate of drug-likeness (QED) is 0.657. The molecule has 16 heavy (non-hydrogen) atoms. The fourth-order valence-corrected chi connectivity index (χ4v) is 1.55. The predicted octanol–water partition coefficient (Wildman–Crippen LogP) is 2.94. The Balaban J connectivity index is 2.18. The first-order valence-corrected chi connectivity index (χ1v) is 5.15. The van der Waals surface area contributed by atoms with Crippen LogP contribution in [0.2, 0.25) is 5.02 Å². The van der Waals surface area contributed by atoms with Crippen molar-refractivity contribution in [1.82, 2.24) is 0 Å². The molecule has 2 N–H and O–H groups in total. The summed E-state index contributed by atoms with van der Waals surface area (Å²) < 4.78 is 5.10. The van der Waals surface area contributed by atoms with Gasteiger partial charge < -0.3 is 10.2 Å². The van der Waals surface area contributed by atoms with E-state index in [1.165, 1.54) is 0 Å². The van der Waals surface area contributed by atoms with Crippen LogP contribution >= 0.6 is 11.6 Å². The van der Waals surface area contributed by atoms with E-state index in [1.807, 2.05) is 0 Å². The molecule has 4 heteroatoms. The van der Waals surface area contributed by atoms with Gasteiger partial charge >= 0.3 is 0 Å². The molecule has 0 amide bonds. The van der Waals surface area contributed by atoms with E-state index in [2.05, 4.69) is 0 Å². The van der Waals surface area contributed by atoms with Gasteiger partial charge in [0.15, 0.2) is 5.78 Å². The molecule has 0 fully saturated rings. The number of nitrogen functional groups attached to an aromatic ring is 1. The van der Waals surface area contributed by atoms with Gasteiger partial charge in [0, 0.05) is 5.56 Å². The molecular formula is C12H10ClNO2. The second-order valence-corrected chi connectivity index (χ2v) is 3.82. The summed E-state index contributed by atoms with van der Waals surface area (Å²) in [6.45, 7) is 0. The number of ketones is 1. The Labute approximate surface area is 97.8 Å². The van der Waals surface area contributed by atoms with E-state index in [0.717, 1.165) is 0 Å². The summed E-state index contributed by atoms with van der Waals surface area (Å²) >= 11 is 5.84. The highest BCUT2D eigenvalue weighted by Gasteiger charge is 2.10. The Morgan fingerprint density at radius 3 is 2.81 bits per heavy atom. The minimum absolute atomic E-state index is 0.0446. The Hall–Kier alpha value is -1.74. The van der Waals surface area contributed by atoms with Gasteiger partial charge in [0.25, 0.3) is 0 Å². The lowest BCUT2D eigenvalue weighted by molar-refractivity contribution is 0.0987. The number of Topliss-reactive ketones (excluding diaryl/α,β-unsaturated/α-hetero) is 1. The van der Waals surface area contributed by atoms with E-state index in [9.17, 15) is 4.79 Å². The SMILES string of the molecule is Nc1ccc(C(=O)Cc2ccco2)cc1Cl. The molecule has 0 aliphatic rings. The van der Waals surface area contributed by atoms with Gasteiger partial charge in [-0.2, -0.15) is 0 Å². The van der Waals surface area contributed by atoms with Crippen molar-refractivity contribution in [3.05, 3.63) is 52.9 Å². The zero-order valence-electron chi connectivity index (χ0n) is 8.44. The maximum Gasteiger partial charge on any atom is 0.170 e. The van der Waals surface area contributed by atoms with Gasteiger partial charge in [-0.15, -0.1) is 0 Å². The average molecular weight is 236 g/mol. The average Bonchev–Trinajstić information content (AvgIpc) is 2.74. The highest BCUT2D eigenvalue weighted by atomic mass is 35.5. The van der Waals surface area contributed by atoms with Gasteiger partial charge in [-0.3, -0.25) is 4.79 Å². The molecule has 0 bridgehead atoms. The molecule has 0 spiro atoms. The fourth-order valence-electron chi connectivity index (χ4n) is 1.37. The van der Waals surface area contributed by atoms with Crippen molar-refractivity contribution >= 4 is 23.1 Å². The molecule has 0 saturated heterocycles. The van der Waals surface area contributed by atoms with Gasteiger partial charge in [0.2, 0.25) is 0 Å². The number of nitrogens with two attached hydrogens (primary N) is 1. The Kier molecular flexibility index (Phi) is 2.97. The van der Waals surface area contributed by atoms with Crippen LogP contribution in [0.25, 0.3) is 0 Å². The standard InChI is InChI=1S/C12H10ClNO2/c13-10-6-8(3-4-11(10)14)12(15)7-9-2-1-5-16-9/h1-6H,7,14H2. The van der Waals surface area contributed by atoms with Crippen molar-refractivity contribution in [2.75, 3.05) is 5.73 Å². The summed E-state index contributed by atoms with van der Waals surface area (Å²) in [6.07, 6.45) is 1.77. The van der Waals surface area contributed by atoms with Crippen LogP contribution in [0.4, 0.5) is 5.69 Å². The van der Waals surface area contributed by atoms with E-state index >= 15 is 0 Å². The minimum Gasteiger partial charge on any atom is -0.469 e. The van der Waals surface area contributed by atoms with Crippen LogP contribution in [0.1, 0.15) is 16.1 Å². The smallest absolute Gasteiger partial charge is 0.170 e. The van der Waals surface area contributed by atoms with Crippen LogP contribution in [0.15, 0.2) is 41.0 Å². The van der Waals surface area contributed by atoms with Crippen LogP contribution < -0.4 is 5.73 Å². The minimum atomic E-state index is -0.0446. The second-order valence-electron chi connectivity index (χ2n) is 3.42. The van der Waals surface area contributed by atoms with Gasteiger partial charge in [-0.05, 0) is 30.3 Å². The zero-order chi connectivity index (χ0) is 11.5. The lowest BCUT2D eigenvalue weighted by atomic mass is 10.1. The molecule has 0 radical (unpaired) electrons. The molecule has 3 nitrogen and oxygen atoms in total. The van der Waals surface area contributed by atoms with Crippen LogP contribution in [-0.2, 0) is 6.42 Å². The van der Waals surface area contributed by atoms with Crippen LogP contribution in [0.3, 0.4) is 0 Å². The molecule has 2 rings (SSSR count). The number of benzene rings is 1. The number of rotatable bonds is 3. The third-order valence-corrected chi connectivity index (χ3v) is 2.56. The summed E-state index contributed by atoms with van der Waals surface area (Å²) in [5.74, 6) is 0.592. The Morgan fingerprint density at radius 2 is 2.19 bits per heavy atom. The van der Waals surface area contributed by atoms with Crippen molar-refractivity contribution in [2.24, 2.45) is 0 Å². The number of halogens is 1. The molecule has 0 atom stereocenters. The highest BCUT2D eigenvalue weighted by molar-refractivity contribution is 6.33. The topological polar surface area (TPSA) is 56.2 Å². The van der Waals surface area contributed by atoms with Gasteiger partial charge in [-0.25, -0.2) is 0 Å². The Morgan fingerprint density at radius 1 is 1.38 bits per heavy atom. The molecule has 82 valence electrons. The summed E-state index contributed by atoms with van der Waals surface area (Å²) in [5, 5.41) is 0.394. The number of furan rings is 1. The molecular weight excluding hydrogens is 226 g/mol. The second kappa shape index (κ2) is 4.41. The normalized spacial score (nSPS) is 10.3. The monoisotopic (exact) mass is 235 g/mol. The van der Waals surface area contributed by atoms with E-state index in [-0.39, 0.29) is 12.2 Å². The van der Waals surface area contributed by atoms with Crippen LogP contribution in [0.5, 0.6) is 0 Å². The van der Waals surface area contributed by atoms with Crippen molar-refractivity contribution in [1.29, 1.82) is 0 Å². The van der Waals surface area contributed by atoms with E-state index in [1.54, 1.807) is 36.6 Å². The van der Waals surface area contributed by atoms with Crippen molar-refractivity contribution < 1.29 is 9.21 Å². The van der Waals surface area contributed by atoms with E-state index < -0.39 is 0 Å². The van der Waals surface area contributed by atoms with Crippen molar-refractivity contribution in [2.45, 2.75) is 6.42 Å². The molecule has 0 unspecified atom stereocenters. The largest absolute Gasteiger partial charge is 0.469 e. The maximum absolute atomic E-state index is 11.8. The predicted molar refractivity (Wildman–Crippen MR) is 62.6 cm³/mol. The molecule has 2 aromatic rings. The van der Waals surface area contributed by atoms with Crippen molar-refractivity contribution in [3.63, 3.8) is 0 Å². The first-order valence-electron chi connectivity index (χ1n) is 4.77. The molecule has 0 saturated carbocycles.